The van der Waals surface area contributed by atoms with Crippen molar-refractivity contribution in [1.29, 1.82) is 0 Å². The number of fused-ring (bicyclic) bond motifs is 2. The van der Waals surface area contributed by atoms with Crippen LogP contribution in [0.1, 0.15) is 33.7 Å². The van der Waals surface area contributed by atoms with Crippen LogP contribution >= 0.6 is 0 Å². The van der Waals surface area contributed by atoms with E-state index in [-0.39, 0.29) is 47.0 Å². The van der Waals surface area contributed by atoms with E-state index in [9.17, 15) is 41.0 Å². The second-order valence-electron chi connectivity index (χ2n) is 11.8. The van der Waals surface area contributed by atoms with Crippen molar-refractivity contribution in [3.63, 3.8) is 0 Å². The number of halogens is 6. The molecule has 0 aliphatic carbocycles. The van der Waals surface area contributed by atoms with E-state index in [4.69, 9.17) is 4.52 Å². The normalized spacial score (nSPS) is 17.2. The van der Waals surface area contributed by atoms with E-state index in [2.05, 4.69) is 15.2 Å². The number of aromatic nitrogens is 3. The maximum atomic E-state index is 14.2. The van der Waals surface area contributed by atoms with Crippen LogP contribution in [0, 0.1) is 0 Å². The summed E-state index contributed by atoms with van der Waals surface area (Å²) in [7, 11) is 0. The van der Waals surface area contributed by atoms with Crippen molar-refractivity contribution in [2.75, 3.05) is 29.9 Å². The third-order valence-corrected chi connectivity index (χ3v) is 8.62. The third kappa shape index (κ3) is 6.12. The van der Waals surface area contributed by atoms with Gasteiger partial charge in [-0.15, -0.1) is 0 Å². The number of anilines is 2. The Hall–Kier alpha value is -5.22. The molecule has 2 amide bonds. The highest BCUT2D eigenvalue weighted by Gasteiger charge is 2.44. The number of alkyl halides is 6. The molecule has 0 bridgehead atoms. The largest absolute Gasteiger partial charge is 0.471 e. The fraction of sp³-hybridized carbons (Fsp3) is 0.273. The van der Waals surface area contributed by atoms with Crippen LogP contribution in [0.4, 0.5) is 37.8 Å². The van der Waals surface area contributed by atoms with E-state index in [1.165, 1.54) is 17.0 Å². The molecular weight excluding hydrogens is 658 g/mol. The van der Waals surface area contributed by atoms with Crippen molar-refractivity contribution in [2.24, 2.45) is 0 Å². The summed E-state index contributed by atoms with van der Waals surface area (Å²) in [5.74, 6) is -3.69. The first kappa shape index (κ1) is 32.3. The summed E-state index contributed by atoms with van der Waals surface area (Å²) in [5.41, 5.74) is 1.21. The second-order valence-corrected chi connectivity index (χ2v) is 11.8. The first-order valence-electron chi connectivity index (χ1n) is 15.2. The van der Waals surface area contributed by atoms with Gasteiger partial charge in [0.25, 0.3) is 5.91 Å². The highest BCUT2D eigenvalue weighted by molar-refractivity contribution is 6.08. The van der Waals surface area contributed by atoms with E-state index < -0.39 is 35.7 Å². The van der Waals surface area contributed by atoms with Crippen LogP contribution in [0.5, 0.6) is 0 Å². The van der Waals surface area contributed by atoms with Crippen molar-refractivity contribution in [2.45, 2.75) is 37.8 Å². The summed E-state index contributed by atoms with van der Waals surface area (Å²) >= 11 is 0. The summed E-state index contributed by atoms with van der Waals surface area (Å²) < 4.78 is 86.9. The number of aliphatic hydroxyl groups excluding tert-OH is 1. The average molecular weight is 685 g/mol. The van der Waals surface area contributed by atoms with Gasteiger partial charge in [-0.25, -0.2) is 4.68 Å². The smallest absolute Gasteiger partial charge is 0.392 e. The summed E-state index contributed by atoms with van der Waals surface area (Å²) in [5, 5.41) is 18.6. The van der Waals surface area contributed by atoms with Crippen LogP contribution in [0.3, 0.4) is 0 Å². The van der Waals surface area contributed by atoms with Crippen LogP contribution in [0.25, 0.3) is 27.8 Å². The molecule has 1 fully saturated rings. The molecule has 2 aliphatic heterocycles. The molecule has 7 rings (SSSR count). The molecule has 2 aromatic heterocycles. The standard InChI is InChI=1S/C33H26F6N6O4/c34-32(35,36)28-24-12-14-44(20-7-5-18(6-8-20)23-4-2-1-3-19(23)16-43-13-11-22(46)17-43)30(47)27(24)45(41-28)21-9-10-26-25(15-21)29(42-49-26)40-31(48)33(37,38)39/h1-10,15,22,46H,11-14,16-17H2,(H,40,42,48)/t22-/m1/s1. The van der Waals surface area contributed by atoms with Crippen LogP contribution in [-0.4, -0.2) is 68.7 Å². The summed E-state index contributed by atoms with van der Waals surface area (Å²) in [4.78, 5) is 29.0. The number of carbonyl (C=O) groups excluding carboxylic acids is 2. The number of nitrogens with one attached hydrogen (secondary N) is 1. The topological polar surface area (TPSA) is 117 Å². The minimum Gasteiger partial charge on any atom is -0.392 e. The third-order valence-electron chi connectivity index (χ3n) is 8.62. The maximum absolute atomic E-state index is 14.2. The van der Waals surface area contributed by atoms with E-state index in [0.29, 0.717) is 25.2 Å². The first-order chi connectivity index (χ1) is 23.3. The number of carbonyl (C=O) groups is 2. The lowest BCUT2D eigenvalue weighted by molar-refractivity contribution is -0.167. The zero-order chi connectivity index (χ0) is 34.7. The molecule has 0 radical (unpaired) electrons. The van der Waals surface area contributed by atoms with Gasteiger partial charge in [0.2, 0.25) is 0 Å². The number of benzene rings is 3. The van der Waals surface area contributed by atoms with Crippen molar-refractivity contribution < 1.29 is 45.6 Å². The summed E-state index contributed by atoms with van der Waals surface area (Å²) in [6, 6.07) is 18.5. The number of hydrogen-bond acceptors (Lipinski definition) is 7. The first-order valence-corrected chi connectivity index (χ1v) is 15.2. The molecule has 254 valence electrons. The van der Waals surface area contributed by atoms with E-state index in [0.717, 1.165) is 34.0 Å². The monoisotopic (exact) mass is 684 g/mol. The highest BCUT2D eigenvalue weighted by Crippen LogP contribution is 2.38. The van der Waals surface area contributed by atoms with Crippen molar-refractivity contribution >= 4 is 34.3 Å². The number of nitrogens with zero attached hydrogens (tertiary/aromatic N) is 5. The average Bonchev–Trinajstić information content (AvgIpc) is 3.78. The van der Waals surface area contributed by atoms with Crippen LogP contribution in [-0.2, 0) is 23.9 Å². The van der Waals surface area contributed by atoms with Crippen LogP contribution in [0.15, 0.2) is 71.3 Å². The molecule has 1 saturated heterocycles. The molecule has 10 nitrogen and oxygen atoms in total. The summed E-state index contributed by atoms with van der Waals surface area (Å²) in [6.45, 7) is 1.95. The van der Waals surface area contributed by atoms with Crippen molar-refractivity contribution in [1.82, 2.24) is 19.8 Å². The van der Waals surface area contributed by atoms with Crippen molar-refractivity contribution in [3.05, 3.63) is 89.2 Å². The molecule has 3 aromatic carbocycles. The van der Waals surface area contributed by atoms with Gasteiger partial charge in [-0.1, -0.05) is 41.6 Å². The number of hydrogen-bond donors (Lipinski definition) is 2. The van der Waals surface area contributed by atoms with Gasteiger partial charge in [0.05, 0.1) is 17.2 Å². The van der Waals surface area contributed by atoms with Gasteiger partial charge in [0, 0.05) is 37.4 Å². The predicted octanol–water partition coefficient (Wildman–Crippen LogP) is 5.97. The molecule has 49 heavy (non-hydrogen) atoms. The Morgan fingerprint density at radius 1 is 0.980 bits per heavy atom. The van der Waals surface area contributed by atoms with Gasteiger partial charge >= 0.3 is 18.3 Å². The number of aliphatic hydroxyl groups is 1. The van der Waals surface area contributed by atoms with Gasteiger partial charge in [0.1, 0.15) is 5.69 Å². The predicted molar refractivity (Wildman–Crippen MR) is 164 cm³/mol. The quantitative estimate of drug-likeness (QED) is 0.212. The minimum atomic E-state index is -5.24. The molecule has 0 saturated carbocycles. The second kappa shape index (κ2) is 12.0. The van der Waals surface area contributed by atoms with Gasteiger partial charge in [-0.2, -0.15) is 31.4 Å². The van der Waals surface area contributed by atoms with E-state index >= 15 is 0 Å². The Labute approximate surface area is 273 Å². The Bertz CT molecular complexity index is 2070. The fourth-order valence-corrected chi connectivity index (χ4v) is 6.31. The van der Waals surface area contributed by atoms with Crippen LogP contribution in [0.2, 0.25) is 0 Å². The van der Waals surface area contributed by atoms with E-state index in [1.54, 1.807) is 17.4 Å². The molecule has 2 aliphatic rings. The molecular formula is C33H26F6N6O4. The fourth-order valence-electron chi connectivity index (χ4n) is 6.31. The Morgan fingerprint density at radius 3 is 2.41 bits per heavy atom. The zero-order valence-electron chi connectivity index (χ0n) is 25.3. The van der Waals surface area contributed by atoms with Crippen molar-refractivity contribution in [3.8, 4) is 16.8 Å². The number of β-amino-alcohol motifs (C(OH)–C–C–N with tert-alkyl or cyclic N) is 1. The molecule has 1 atom stereocenters. The number of rotatable bonds is 6. The molecule has 0 spiro atoms. The molecule has 0 unspecified atom stereocenters. The van der Waals surface area contributed by atoms with E-state index in [1.807, 2.05) is 36.4 Å². The van der Waals surface area contributed by atoms with Gasteiger partial charge in [-0.3, -0.25) is 19.8 Å². The lowest BCUT2D eigenvalue weighted by Crippen LogP contribution is -2.39. The van der Waals surface area contributed by atoms with Gasteiger partial charge in [0.15, 0.2) is 17.1 Å². The van der Waals surface area contributed by atoms with Gasteiger partial charge < -0.3 is 14.5 Å². The zero-order valence-corrected chi connectivity index (χ0v) is 25.3. The molecule has 5 aromatic rings. The lowest BCUT2D eigenvalue weighted by atomic mass is 9.98. The van der Waals surface area contributed by atoms with Gasteiger partial charge in [-0.05, 0) is 59.9 Å². The maximum Gasteiger partial charge on any atom is 0.471 e. The summed E-state index contributed by atoms with van der Waals surface area (Å²) in [6.07, 6.45) is -9.97. The minimum absolute atomic E-state index is 0.0634. The molecule has 2 N–H and O–H groups in total. The Morgan fingerprint density at radius 2 is 1.71 bits per heavy atom. The Balaban J connectivity index is 1.22. The van der Waals surface area contributed by atoms with Crippen LogP contribution < -0.4 is 10.2 Å². The SMILES string of the molecule is O=C1c2c(c(C(F)(F)F)nn2-c2ccc3onc(NC(=O)C(F)(F)F)c3c2)CCN1c1ccc(-c2ccccc2CN2CC[C@@H](O)C2)cc1. The Kier molecular flexibility index (Phi) is 7.94. The number of likely N-dealkylation sites (tertiary alicyclic amines) is 1. The molecule has 16 heteroatoms. The highest BCUT2D eigenvalue weighted by atomic mass is 19.4. The lowest BCUT2D eigenvalue weighted by Gasteiger charge is -2.28. The number of amides is 2. The molecule has 4 heterocycles.